The maximum atomic E-state index is 4.23. The van der Waals surface area contributed by atoms with Gasteiger partial charge in [0, 0.05) is 25.0 Å². The van der Waals surface area contributed by atoms with Crippen LogP contribution in [0, 0.1) is 5.92 Å². The quantitative estimate of drug-likeness (QED) is 0.750. The summed E-state index contributed by atoms with van der Waals surface area (Å²) in [5.41, 5.74) is 1.36. The number of aryl methyl sites for hydroxylation is 2. The van der Waals surface area contributed by atoms with E-state index in [2.05, 4.69) is 23.4 Å². The smallest absolute Gasteiger partial charge is 0.0492 e. The Kier molecular flexibility index (Phi) is 4.60. The Morgan fingerprint density at radius 3 is 2.88 bits per heavy atom. The molecule has 1 atom stereocenters. The summed E-state index contributed by atoms with van der Waals surface area (Å²) >= 11 is 0. The van der Waals surface area contributed by atoms with Crippen LogP contribution in [0.4, 0.5) is 0 Å². The lowest BCUT2D eigenvalue weighted by molar-refractivity contribution is 0.409. The summed E-state index contributed by atoms with van der Waals surface area (Å²) in [6, 6.07) is 2.98. The Balaban J connectivity index is 1.73. The molecule has 1 N–H and O–H groups in total. The van der Waals surface area contributed by atoms with Crippen LogP contribution in [0.5, 0.6) is 0 Å². The third kappa shape index (κ3) is 4.15. The fourth-order valence-electron chi connectivity index (χ4n) is 2.38. The normalized spacial score (nSPS) is 17.3. The van der Waals surface area contributed by atoms with E-state index < -0.39 is 0 Å². The Bertz CT molecular complexity index is 328. The third-order valence-corrected chi connectivity index (χ3v) is 3.70. The molecule has 0 amide bonds. The molecular weight excluding hydrogens is 210 g/mol. The lowest BCUT2D eigenvalue weighted by Crippen LogP contribution is -2.25. The highest BCUT2D eigenvalue weighted by molar-refractivity contribution is 5.00. The average Bonchev–Trinajstić information content (AvgIpc) is 3.06. The predicted octanol–water partition coefficient (Wildman–Crippen LogP) is 2.52. The van der Waals surface area contributed by atoms with Crippen LogP contribution in [0.15, 0.2) is 12.3 Å². The molecule has 2 rings (SSSR count). The molecule has 1 aliphatic rings. The zero-order valence-corrected chi connectivity index (χ0v) is 11.2. The zero-order chi connectivity index (χ0) is 12.1. The van der Waals surface area contributed by atoms with Crippen molar-refractivity contribution in [3.63, 3.8) is 0 Å². The molecule has 0 spiro atoms. The molecule has 1 unspecified atom stereocenters. The van der Waals surface area contributed by atoms with Crippen molar-refractivity contribution in [2.75, 3.05) is 6.54 Å². The van der Waals surface area contributed by atoms with Crippen molar-refractivity contribution in [1.82, 2.24) is 15.1 Å². The van der Waals surface area contributed by atoms with Crippen LogP contribution >= 0.6 is 0 Å². The highest BCUT2D eigenvalue weighted by atomic mass is 15.2. The van der Waals surface area contributed by atoms with Gasteiger partial charge in [-0.05, 0) is 50.6 Å². The van der Waals surface area contributed by atoms with E-state index in [0.717, 1.165) is 18.4 Å². The van der Waals surface area contributed by atoms with Gasteiger partial charge in [0.1, 0.15) is 0 Å². The first-order valence-electron chi connectivity index (χ1n) is 7.00. The maximum absolute atomic E-state index is 4.23. The third-order valence-electron chi connectivity index (χ3n) is 3.70. The molecule has 96 valence electrons. The second kappa shape index (κ2) is 6.20. The van der Waals surface area contributed by atoms with E-state index in [0.29, 0.717) is 0 Å². The van der Waals surface area contributed by atoms with Crippen LogP contribution in [0.1, 0.15) is 44.7 Å². The van der Waals surface area contributed by atoms with E-state index >= 15 is 0 Å². The molecule has 17 heavy (non-hydrogen) atoms. The highest BCUT2D eigenvalue weighted by Crippen LogP contribution is 2.21. The number of nitrogens with one attached hydrogen (secondary N) is 1. The van der Waals surface area contributed by atoms with E-state index in [9.17, 15) is 0 Å². The van der Waals surface area contributed by atoms with E-state index in [-0.39, 0.29) is 0 Å². The van der Waals surface area contributed by atoms with Crippen molar-refractivity contribution < 1.29 is 0 Å². The molecule has 1 aromatic heterocycles. The van der Waals surface area contributed by atoms with Crippen LogP contribution in [0.2, 0.25) is 0 Å². The number of aromatic nitrogens is 2. The first kappa shape index (κ1) is 12.6. The van der Waals surface area contributed by atoms with Crippen LogP contribution in [0.25, 0.3) is 0 Å². The van der Waals surface area contributed by atoms with Crippen molar-refractivity contribution in [2.24, 2.45) is 13.0 Å². The predicted molar refractivity (Wildman–Crippen MR) is 71.0 cm³/mol. The minimum atomic E-state index is 0.829. The summed E-state index contributed by atoms with van der Waals surface area (Å²) in [6.45, 7) is 3.49. The van der Waals surface area contributed by atoms with Crippen molar-refractivity contribution in [3.05, 3.63) is 18.0 Å². The van der Waals surface area contributed by atoms with Gasteiger partial charge >= 0.3 is 0 Å². The molecule has 0 aromatic carbocycles. The molecule has 1 fully saturated rings. The first-order chi connectivity index (χ1) is 8.29. The average molecular weight is 235 g/mol. The fourth-order valence-corrected chi connectivity index (χ4v) is 2.38. The van der Waals surface area contributed by atoms with Crippen LogP contribution in [0.3, 0.4) is 0 Å². The van der Waals surface area contributed by atoms with E-state index in [1.807, 2.05) is 17.9 Å². The summed E-state index contributed by atoms with van der Waals surface area (Å²) in [5, 5.41) is 7.89. The number of rotatable bonds is 8. The molecular formula is C14H25N3. The second-order valence-electron chi connectivity index (χ2n) is 5.32. The highest BCUT2D eigenvalue weighted by Gasteiger charge is 2.21. The van der Waals surface area contributed by atoms with Gasteiger partial charge in [0.05, 0.1) is 0 Å². The summed E-state index contributed by atoms with van der Waals surface area (Å²) in [4.78, 5) is 0. The molecule has 0 bridgehead atoms. The second-order valence-corrected chi connectivity index (χ2v) is 5.32. The monoisotopic (exact) mass is 235 g/mol. The standard InChI is InChI=1S/C14H25N3/c1-3-4-12(11-15-13-6-7-13)5-8-14-9-10-16-17(14)2/h9-10,12-13,15H,3-8,11H2,1-2H3. The lowest BCUT2D eigenvalue weighted by Gasteiger charge is -2.16. The molecule has 3 nitrogen and oxygen atoms in total. The number of hydrogen-bond donors (Lipinski definition) is 1. The molecule has 1 aromatic rings. The molecule has 1 aliphatic carbocycles. The molecule has 1 heterocycles. The van der Waals surface area contributed by atoms with E-state index in [1.165, 1.54) is 44.3 Å². The molecule has 3 heteroatoms. The lowest BCUT2D eigenvalue weighted by atomic mass is 9.97. The number of nitrogens with zero attached hydrogens (tertiary/aromatic N) is 2. The SMILES string of the molecule is CCCC(CCc1ccnn1C)CNC1CC1. The van der Waals surface area contributed by atoms with Crippen molar-refractivity contribution in [3.8, 4) is 0 Å². The van der Waals surface area contributed by atoms with Gasteiger partial charge in [-0.15, -0.1) is 0 Å². The molecule has 0 saturated heterocycles. The van der Waals surface area contributed by atoms with Crippen LogP contribution in [-0.4, -0.2) is 22.4 Å². The Labute approximate surface area is 105 Å². The topological polar surface area (TPSA) is 29.9 Å². The summed E-state index contributed by atoms with van der Waals surface area (Å²) in [7, 11) is 2.03. The van der Waals surface area contributed by atoms with Gasteiger partial charge in [-0.2, -0.15) is 5.10 Å². The largest absolute Gasteiger partial charge is 0.314 e. The van der Waals surface area contributed by atoms with Gasteiger partial charge in [0.15, 0.2) is 0 Å². The van der Waals surface area contributed by atoms with Gasteiger partial charge in [0.2, 0.25) is 0 Å². The van der Waals surface area contributed by atoms with E-state index in [4.69, 9.17) is 0 Å². The van der Waals surface area contributed by atoms with Gasteiger partial charge in [-0.1, -0.05) is 13.3 Å². The van der Waals surface area contributed by atoms with Gasteiger partial charge in [-0.3, -0.25) is 4.68 Å². The minimum absolute atomic E-state index is 0.829. The van der Waals surface area contributed by atoms with Crippen molar-refractivity contribution in [1.29, 1.82) is 0 Å². The zero-order valence-electron chi connectivity index (χ0n) is 11.2. The van der Waals surface area contributed by atoms with Crippen LogP contribution < -0.4 is 5.32 Å². The van der Waals surface area contributed by atoms with Crippen LogP contribution in [-0.2, 0) is 13.5 Å². The minimum Gasteiger partial charge on any atom is -0.314 e. The Hall–Kier alpha value is -0.830. The van der Waals surface area contributed by atoms with Gasteiger partial charge in [0.25, 0.3) is 0 Å². The Morgan fingerprint density at radius 2 is 2.29 bits per heavy atom. The fraction of sp³-hybridized carbons (Fsp3) is 0.786. The summed E-state index contributed by atoms with van der Waals surface area (Å²) in [5.74, 6) is 0.829. The van der Waals surface area contributed by atoms with Crippen molar-refractivity contribution >= 4 is 0 Å². The van der Waals surface area contributed by atoms with Crippen molar-refractivity contribution in [2.45, 2.75) is 51.5 Å². The molecule has 1 saturated carbocycles. The molecule has 0 aliphatic heterocycles. The summed E-state index contributed by atoms with van der Waals surface area (Å²) < 4.78 is 2.00. The van der Waals surface area contributed by atoms with Gasteiger partial charge in [-0.25, -0.2) is 0 Å². The molecule has 0 radical (unpaired) electrons. The number of hydrogen-bond acceptors (Lipinski definition) is 2. The van der Waals surface area contributed by atoms with Gasteiger partial charge < -0.3 is 5.32 Å². The summed E-state index contributed by atoms with van der Waals surface area (Å²) in [6.07, 6.45) is 9.76. The van der Waals surface area contributed by atoms with E-state index in [1.54, 1.807) is 0 Å². The Morgan fingerprint density at radius 1 is 1.47 bits per heavy atom. The maximum Gasteiger partial charge on any atom is 0.0492 e. The first-order valence-corrected chi connectivity index (χ1v) is 7.00.